The highest BCUT2D eigenvalue weighted by Gasteiger charge is 2.13. The van der Waals surface area contributed by atoms with Crippen LogP contribution in [0.25, 0.3) is 0 Å². The summed E-state index contributed by atoms with van der Waals surface area (Å²) >= 11 is 3.50. The van der Waals surface area contributed by atoms with E-state index < -0.39 is 5.97 Å². The lowest BCUT2D eigenvalue weighted by atomic mass is 10.1. The van der Waals surface area contributed by atoms with Gasteiger partial charge in [-0.2, -0.15) is 0 Å². The molecule has 2 aromatic carbocycles. The third kappa shape index (κ3) is 3.36. The second-order valence-electron chi connectivity index (χ2n) is 4.83. The van der Waals surface area contributed by atoms with Gasteiger partial charge in [-0.25, -0.2) is 4.79 Å². The summed E-state index contributed by atoms with van der Waals surface area (Å²) in [5.74, 6) is -0.440. The minimum absolute atomic E-state index is 0.367. The van der Waals surface area contributed by atoms with E-state index >= 15 is 0 Å². The fraction of sp³-hybridized carbons (Fsp3) is 0.188. The number of nitrogens with two attached hydrogens (primary N) is 1. The number of nitrogens with one attached hydrogen (secondary N) is 1. The Hall–Kier alpha value is -2.01. The molecule has 0 spiro atoms. The number of anilines is 3. The second kappa shape index (κ2) is 6.18. The number of hydrogen-bond donors (Lipinski definition) is 2. The molecule has 2 rings (SSSR count). The van der Waals surface area contributed by atoms with Crippen LogP contribution in [-0.4, -0.2) is 13.1 Å². The zero-order chi connectivity index (χ0) is 15.6. The van der Waals surface area contributed by atoms with E-state index in [0.717, 1.165) is 27.0 Å². The monoisotopic (exact) mass is 348 g/mol. The Kier molecular flexibility index (Phi) is 4.53. The molecular weight excluding hydrogens is 332 g/mol. The first-order valence-electron chi connectivity index (χ1n) is 6.44. The molecule has 0 aliphatic heterocycles. The van der Waals surface area contributed by atoms with Crippen molar-refractivity contribution in [1.82, 2.24) is 0 Å². The summed E-state index contributed by atoms with van der Waals surface area (Å²) in [6.07, 6.45) is 0. The Morgan fingerprint density at radius 1 is 1.14 bits per heavy atom. The highest BCUT2D eigenvalue weighted by molar-refractivity contribution is 9.10. The minimum atomic E-state index is -0.440. The molecule has 0 bridgehead atoms. The Labute approximate surface area is 132 Å². The molecule has 110 valence electrons. The molecule has 0 fully saturated rings. The van der Waals surface area contributed by atoms with E-state index in [1.807, 2.05) is 38.1 Å². The molecule has 0 heterocycles. The molecule has 0 radical (unpaired) electrons. The van der Waals surface area contributed by atoms with Crippen LogP contribution in [0.2, 0.25) is 0 Å². The average molecular weight is 349 g/mol. The van der Waals surface area contributed by atoms with Crippen LogP contribution in [0.4, 0.5) is 17.1 Å². The summed E-state index contributed by atoms with van der Waals surface area (Å²) in [6, 6.07) is 9.57. The summed E-state index contributed by atoms with van der Waals surface area (Å²) in [6.45, 7) is 3.88. The van der Waals surface area contributed by atoms with Crippen molar-refractivity contribution in [1.29, 1.82) is 0 Å². The quantitative estimate of drug-likeness (QED) is 0.645. The lowest BCUT2D eigenvalue weighted by Crippen LogP contribution is -2.08. The smallest absolute Gasteiger partial charge is 0.340 e. The summed E-state index contributed by atoms with van der Waals surface area (Å²) in [5.41, 5.74) is 10.4. The molecule has 0 aliphatic rings. The lowest BCUT2D eigenvalue weighted by molar-refractivity contribution is 0.0602. The SMILES string of the molecule is COC(=O)c1cc(Nc2ccc(C)c(Br)c2)cc(C)c1N. The van der Waals surface area contributed by atoms with Gasteiger partial charge in [0.25, 0.3) is 0 Å². The van der Waals surface area contributed by atoms with Crippen molar-refractivity contribution in [2.75, 3.05) is 18.2 Å². The fourth-order valence-corrected chi connectivity index (χ4v) is 2.37. The van der Waals surface area contributed by atoms with Crippen molar-refractivity contribution in [3.8, 4) is 0 Å². The van der Waals surface area contributed by atoms with Gasteiger partial charge >= 0.3 is 5.97 Å². The molecule has 21 heavy (non-hydrogen) atoms. The minimum Gasteiger partial charge on any atom is -0.465 e. The number of methoxy groups -OCH3 is 1. The van der Waals surface area contributed by atoms with Crippen molar-refractivity contribution in [3.63, 3.8) is 0 Å². The molecule has 0 saturated carbocycles. The standard InChI is InChI=1S/C16H17BrN2O2/c1-9-4-5-11(8-14(9)17)19-12-6-10(2)15(18)13(7-12)16(20)21-3/h4-8,19H,18H2,1-3H3. The Bertz CT molecular complexity index is 699. The molecule has 3 N–H and O–H groups in total. The van der Waals surface area contributed by atoms with Gasteiger partial charge in [0, 0.05) is 21.5 Å². The number of nitrogen functional groups attached to an aromatic ring is 1. The zero-order valence-electron chi connectivity index (χ0n) is 12.2. The predicted molar refractivity (Wildman–Crippen MR) is 89.1 cm³/mol. The number of hydrogen-bond acceptors (Lipinski definition) is 4. The Balaban J connectivity index is 2.38. The van der Waals surface area contributed by atoms with Crippen molar-refractivity contribution in [2.24, 2.45) is 0 Å². The van der Waals surface area contributed by atoms with Gasteiger partial charge in [0.05, 0.1) is 12.7 Å². The van der Waals surface area contributed by atoms with Crippen LogP contribution < -0.4 is 11.1 Å². The van der Waals surface area contributed by atoms with Gasteiger partial charge in [-0.3, -0.25) is 0 Å². The number of halogens is 1. The zero-order valence-corrected chi connectivity index (χ0v) is 13.7. The summed E-state index contributed by atoms with van der Waals surface area (Å²) in [5, 5.41) is 3.27. The summed E-state index contributed by atoms with van der Waals surface area (Å²) < 4.78 is 5.78. The molecule has 4 nitrogen and oxygen atoms in total. The molecule has 0 unspecified atom stereocenters. The number of ether oxygens (including phenoxy) is 1. The Morgan fingerprint density at radius 2 is 1.86 bits per heavy atom. The topological polar surface area (TPSA) is 64.3 Å². The van der Waals surface area contributed by atoms with Crippen LogP contribution in [-0.2, 0) is 4.74 Å². The molecule has 0 aromatic heterocycles. The van der Waals surface area contributed by atoms with E-state index in [1.54, 1.807) is 6.07 Å². The van der Waals surface area contributed by atoms with Crippen LogP contribution in [0, 0.1) is 13.8 Å². The van der Waals surface area contributed by atoms with E-state index in [9.17, 15) is 4.79 Å². The first kappa shape index (κ1) is 15.4. The fourth-order valence-electron chi connectivity index (χ4n) is 1.99. The van der Waals surface area contributed by atoms with Gasteiger partial charge in [0.15, 0.2) is 0 Å². The van der Waals surface area contributed by atoms with E-state index in [1.165, 1.54) is 7.11 Å². The summed E-state index contributed by atoms with van der Waals surface area (Å²) in [7, 11) is 1.34. The number of aryl methyl sites for hydroxylation is 2. The van der Waals surface area contributed by atoms with Crippen molar-refractivity contribution in [3.05, 3.63) is 51.5 Å². The van der Waals surface area contributed by atoms with E-state index in [4.69, 9.17) is 10.5 Å². The number of benzene rings is 2. The maximum atomic E-state index is 11.8. The van der Waals surface area contributed by atoms with E-state index in [2.05, 4.69) is 21.2 Å². The number of esters is 1. The molecule has 0 aliphatic carbocycles. The second-order valence-corrected chi connectivity index (χ2v) is 5.69. The van der Waals surface area contributed by atoms with Gasteiger partial charge in [-0.1, -0.05) is 22.0 Å². The highest BCUT2D eigenvalue weighted by atomic mass is 79.9. The molecule has 0 saturated heterocycles. The summed E-state index contributed by atoms with van der Waals surface area (Å²) in [4.78, 5) is 11.8. The molecular formula is C16H17BrN2O2. The van der Waals surface area contributed by atoms with Gasteiger partial charge in [-0.15, -0.1) is 0 Å². The molecule has 0 atom stereocenters. The van der Waals surface area contributed by atoms with Crippen molar-refractivity contribution < 1.29 is 9.53 Å². The number of carbonyl (C=O) groups excluding carboxylic acids is 1. The normalized spacial score (nSPS) is 10.3. The van der Waals surface area contributed by atoms with E-state index in [-0.39, 0.29) is 0 Å². The Morgan fingerprint density at radius 3 is 2.48 bits per heavy atom. The van der Waals surface area contributed by atoms with Gasteiger partial charge in [0.1, 0.15) is 0 Å². The van der Waals surface area contributed by atoms with E-state index in [0.29, 0.717) is 11.3 Å². The predicted octanol–water partition coefficient (Wildman–Crippen LogP) is 4.18. The largest absolute Gasteiger partial charge is 0.465 e. The van der Waals surface area contributed by atoms with Crippen molar-refractivity contribution >= 4 is 39.0 Å². The van der Waals surface area contributed by atoms with Crippen LogP contribution in [0.5, 0.6) is 0 Å². The molecule has 2 aromatic rings. The van der Waals surface area contributed by atoms with Crippen LogP contribution >= 0.6 is 15.9 Å². The van der Waals surface area contributed by atoms with Gasteiger partial charge < -0.3 is 15.8 Å². The van der Waals surface area contributed by atoms with Crippen LogP contribution in [0.3, 0.4) is 0 Å². The maximum absolute atomic E-state index is 11.8. The lowest BCUT2D eigenvalue weighted by Gasteiger charge is -2.13. The number of rotatable bonds is 3. The van der Waals surface area contributed by atoms with Gasteiger partial charge in [-0.05, 0) is 49.2 Å². The highest BCUT2D eigenvalue weighted by Crippen LogP contribution is 2.28. The molecule has 0 amide bonds. The number of carbonyl (C=O) groups is 1. The van der Waals surface area contributed by atoms with Crippen molar-refractivity contribution in [2.45, 2.75) is 13.8 Å². The maximum Gasteiger partial charge on any atom is 0.340 e. The van der Waals surface area contributed by atoms with Gasteiger partial charge in [0.2, 0.25) is 0 Å². The first-order valence-corrected chi connectivity index (χ1v) is 7.23. The first-order chi connectivity index (χ1) is 9.92. The van der Waals surface area contributed by atoms with Crippen LogP contribution in [0.15, 0.2) is 34.8 Å². The van der Waals surface area contributed by atoms with Crippen LogP contribution in [0.1, 0.15) is 21.5 Å². The molecule has 5 heteroatoms. The average Bonchev–Trinajstić information content (AvgIpc) is 2.45. The third-order valence-corrected chi connectivity index (χ3v) is 4.11. The third-order valence-electron chi connectivity index (χ3n) is 3.25.